The zero-order valence-electron chi connectivity index (χ0n) is 13.7. The lowest BCUT2D eigenvalue weighted by Gasteiger charge is -2.37. The van der Waals surface area contributed by atoms with Crippen molar-refractivity contribution in [1.82, 2.24) is 14.8 Å². The van der Waals surface area contributed by atoms with Crippen molar-refractivity contribution < 1.29 is 13.2 Å². The highest BCUT2D eigenvalue weighted by molar-refractivity contribution is 9.10. The first-order valence-electron chi connectivity index (χ1n) is 8.43. The molecule has 0 radical (unpaired) electrons. The minimum atomic E-state index is -2.87. The third-order valence-electron chi connectivity index (χ3n) is 5.14. The van der Waals surface area contributed by atoms with Crippen LogP contribution in [0.2, 0.25) is 0 Å². The molecule has 2 aliphatic rings. The van der Waals surface area contributed by atoms with Gasteiger partial charge in [-0.05, 0) is 30.7 Å². The molecule has 1 aromatic carbocycles. The van der Waals surface area contributed by atoms with E-state index in [0.29, 0.717) is 31.0 Å². The van der Waals surface area contributed by atoms with E-state index >= 15 is 0 Å². The number of amides is 1. The number of benzene rings is 1. The molecule has 1 amide bonds. The van der Waals surface area contributed by atoms with E-state index in [4.69, 9.17) is 0 Å². The van der Waals surface area contributed by atoms with Crippen LogP contribution in [-0.4, -0.2) is 72.8 Å². The number of fused-ring (bicyclic) bond motifs is 1. The summed E-state index contributed by atoms with van der Waals surface area (Å²) in [5.74, 6) is 0.560. The normalized spacial score (nSPS) is 24.0. The summed E-state index contributed by atoms with van der Waals surface area (Å²) in [7, 11) is -2.87. The zero-order chi connectivity index (χ0) is 17.6. The monoisotopic (exact) mass is 425 g/mol. The second-order valence-electron chi connectivity index (χ2n) is 6.80. The van der Waals surface area contributed by atoms with Crippen LogP contribution >= 0.6 is 15.9 Å². The highest BCUT2D eigenvalue weighted by atomic mass is 79.9. The maximum atomic E-state index is 12.8. The van der Waals surface area contributed by atoms with Gasteiger partial charge in [0.15, 0.2) is 9.84 Å². The number of hydrogen-bond donors (Lipinski definition) is 1. The van der Waals surface area contributed by atoms with Crippen molar-refractivity contribution in [3.05, 3.63) is 34.4 Å². The van der Waals surface area contributed by atoms with Crippen LogP contribution in [0.5, 0.6) is 0 Å². The van der Waals surface area contributed by atoms with Crippen molar-refractivity contribution in [3.8, 4) is 0 Å². The number of H-pyrrole nitrogens is 1. The number of hydrogen-bond acceptors (Lipinski definition) is 4. The first-order valence-corrected chi connectivity index (χ1v) is 11.0. The smallest absolute Gasteiger partial charge is 0.270 e. The number of piperazine rings is 1. The summed E-state index contributed by atoms with van der Waals surface area (Å²) in [6, 6.07) is 7.89. The van der Waals surface area contributed by atoms with Gasteiger partial charge < -0.3 is 9.88 Å². The third-order valence-corrected chi connectivity index (χ3v) is 7.38. The topological polar surface area (TPSA) is 73.5 Å². The molecule has 2 aliphatic heterocycles. The van der Waals surface area contributed by atoms with Gasteiger partial charge in [0, 0.05) is 47.6 Å². The SMILES string of the molecule is O=C(c1cc2cc(Br)ccc2[nH]1)N1CCN([C@H]2CCS(=O)(=O)C2)CC1. The van der Waals surface area contributed by atoms with Crippen LogP contribution in [0.25, 0.3) is 10.9 Å². The van der Waals surface area contributed by atoms with Crippen molar-refractivity contribution in [2.24, 2.45) is 0 Å². The molecule has 2 saturated heterocycles. The first kappa shape index (κ1) is 17.1. The molecule has 0 saturated carbocycles. The molecule has 4 rings (SSSR count). The average Bonchev–Trinajstić information content (AvgIpc) is 3.17. The number of carbonyl (C=O) groups is 1. The zero-order valence-corrected chi connectivity index (χ0v) is 16.1. The summed E-state index contributed by atoms with van der Waals surface area (Å²) < 4.78 is 24.3. The quantitative estimate of drug-likeness (QED) is 0.796. The Labute approximate surface area is 155 Å². The molecular formula is C17H20BrN3O3S. The molecule has 1 atom stereocenters. The van der Waals surface area contributed by atoms with Gasteiger partial charge >= 0.3 is 0 Å². The Hall–Kier alpha value is -1.38. The highest BCUT2D eigenvalue weighted by Crippen LogP contribution is 2.23. The fraction of sp³-hybridized carbons (Fsp3) is 0.471. The number of halogens is 1. The maximum Gasteiger partial charge on any atom is 0.270 e. The summed E-state index contributed by atoms with van der Waals surface area (Å²) in [4.78, 5) is 20.0. The van der Waals surface area contributed by atoms with Gasteiger partial charge in [-0.2, -0.15) is 0 Å². The molecule has 0 unspecified atom stereocenters. The van der Waals surface area contributed by atoms with Crippen LogP contribution in [-0.2, 0) is 9.84 Å². The number of aromatic nitrogens is 1. The van der Waals surface area contributed by atoms with Gasteiger partial charge in [-0.3, -0.25) is 9.69 Å². The Balaban J connectivity index is 1.42. The van der Waals surface area contributed by atoms with Crippen molar-refractivity contribution in [2.45, 2.75) is 12.5 Å². The second kappa shape index (κ2) is 6.41. The third kappa shape index (κ3) is 3.47. The molecule has 8 heteroatoms. The van der Waals surface area contributed by atoms with E-state index in [2.05, 4.69) is 25.8 Å². The standard InChI is InChI=1S/C17H20BrN3O3S/c18-13-1-2-15-12(9-13)10-16(19-15)17(22)21-6-4-20(5-7-21)14-3-8-25(23,24)11-14/h1-2,9-10,14,19H,3-8,11H2/t14-/m0/s1. The van der Waals surface area contributed by atoms with E-state index in [1.54, 1.807) is 0 Å². The Bertz CT molecular complexity index is 916. The van der Waals surface area contributed by atoms with Crippen molar-refractivity contribution in [1.29, 1.82) is 0 Å². The van der Waals surface area contributed by atoms with E-state index in [0.717, 1.165) is 28.5 Å². The summed E-state index contributed by atoms with van der Waals surface area (Å²) in [6.07, 6.45) is 0.715. The molecule has 1 aromatic heterocycles. The fourth-order valence-electron chi connectivity index (χ4n) is 3.74. The predicted octanol–water partition coefficient (Wildman–Crippen LogP) is 1.88. The van der Waals surface area contributed by atoms with E-state index < -0.39 is 9.84 Å². The molecule has 6 nitrogen and oxygen atoms in total. The number of nitrogens with zero attached hydrogens (tertiary/aromatic N) is 2. The van der Waals surface area contributed by atoms with Gasteiger partial charge in [-0.1, -0.05) is 15.9 Å². The minimum Gasteiger partial charge on any atom is -0.351 e. The Morgan fingerprint density at radius 2 is 1.92 bits per heavy atom. The number of rotatable bonds is 2. The van der Waals surface area contributed by atoms with Crippen molar-refractivity contribution in [2.75, 3.05) is 37.7 Å². The molecular weight excluding hydrogens is 406 g/mol. The van der Waals surface area contributed by atoms with Gasteiger partial charge in [0.05, 0.1) is 11.5 Å². The van der Waals surface area contributed by atoms with Crippen molar-refractivity contribution >= 4 is 42.6 Å². The van der Waals surface area contributed by atoms with Crippen LogP contribution in [0, 0.1) is 0 Å². The lowest BCUT2D eigenvalue weighted by molar-refractivity contribution is 0.0583. The van der Waals surface area contributed by atoms with Crippen LogP contribution in [0.15, 0.2) is 28.7 Å². The molecule has 2 fully saturated rings. The number of sulfone groups is 1. The van der Waals surface area contributed by atoms with E-state index in [-0.39, 0.29) is 17.7 Å². The van der Waals surface area contributed by atoms with Gasteiger partial charge in [0.2, 0.25) is 0 Å². The average molecular weight is 426 g/mol. The molecule has 0 spiro atoms. The Morgan fingerprint density at radius 1 is 1.16 bits per heavy atom. The Kier molecular flexibility index (Phi) is 4.37. The number of aromatic amines is 1. The van der Waals surface area contributed by atoms with Crippen LogP contribution in [0.3, 0.4) is 0 Å². The molecule has 25 heavy (non-hydrogen) atoms. The molecule has 0 aliphatic carbocycles. The van der Waals surface area contributed by atoms with Crippen LogP contribution in [0.4, 0.5) is 0 Å². The van der Waals surface area contributed by atoms with E-state index in [9.17, 15) is 13.2 Å². The van der Waals surface area contributed by atoms with Crippen LogP contribution < -0.4 is 0 Å². The summed E-state index contributed by atoms with van der Waals surface area (Å²) in [5.41, 5.74) is 1.55. The number of carbonyl (C=O) groups excluding carboxylic acids is 1. The fourth-order valence-corrected chi connectivity index (χ4v) is 5.88. The van der Waals surface area contributed by atoms with E-state index in [1.807, 2.05) is 29.2 Å². The molecule has 134 valence electrons. The molecule has 0 bridgehead atoms. The summed E-state index contributed by atoms with van der Waals surface area (Å²) in [5, 5.41) is 1.01. The summed E-state index contributed by atoms with van der Waals surface area (Å²) in [6.45, 7) is 2.73. The molecule has 3 heterocycles. The maximum absolute atomic E-state index is 12.8. The predicted molar refractivity (Wildman–Crippen MR) is 101 cm³/mol. The molecule has 2 aromatic rings. The summed E-state index contributed by atoms with van der Waals surface area (Å²) >= 11 is 3.44. The molecule has 1 N–H and O–H groups in total. The first-order chi connectivity index (χ1) is 11.9. The Morgan fingerprint density at radius 3 is 2.60 bits per heavy atom. The van der Waals surface area contributed by atoms with E-state index in [1.165, 1.54) is 0 Å². The van der Waals surface area contributed by atoms with Crippen molar-refractivity contribution in [3.63, 3.8) is 0 Å². The second-order valence-corrected chi connectivity index (χ2v) is 9.94. The lowest BCUT2D eigenvalue weighted by Crippen LogP contribution is -2.52. The van der Waals surface area contributed by atoms with Gasteiger partial charge in [0.25, 0.3) is 5.91 Å². The largest absolute Gasteiger partial charge is 0.351 e. The van der Waals surface area contributed by atoms with Gasteiger partial charge in [-0.25, -0.2) is 8.42 Å². The highest BCUT2D eigenvalue weighted by Gasteiger charge is 2.34. The lowest BCUT2D eigenvalue weighted by atomic mass is 10.2. The van der Waals surface area contributed by atoms with Gasteiger partial charge in [0.1, 0.15) is 5.69 Å². The van der Waals surface area contributed by atoms with Gasteiger partial charge in [-0.15, -0.1) is 0 Å². The van der Waals surface area contributed by atoms with Crippen LogP contribution in [0.1, 0.15) is 16.9 Å². The number of nitrogens with one attached hydrogen (secondary N) is 1. The minimum absolute atomic E-state index is 0.00557.